The predicted octanol–water partition coefficient (Wildman–Crippen LogP) is 9.20. The molecule has 5 aromatic rings. The first-order valence-corrected chi connectivity index (χ1v) is 12.4. The van der Waals surface area contributed by atoms with Crippen LogP contribution in [0.4, 0.5) is 0 Å². The van der Waals surface area contributed by atoms with Gasteiger partial charge < -0.3 is 4.42 Å². The Morgan fingerprint density at radius 1 is 0.818 bits per heavy atom. The van der Waals surface area contributed by atoms with Crippen LogP contribution in [0.15, 0.2) is 59.1 Å². The highest BCUT2D eigenvalue weighted by Crippen LogP contribution is 2.42. The van der Waals surface area contributed by atoms with Crippen molar-refractivity contribution in [2.24, 2.45) is 0 Å². The van der Waals surface area contributed by atoms with Gasteiger partial charge >= 0.3 is 0 Å². The van der Waals surface area contributed by atoms with Crippen molar-refractivity contribution in [3.63, 3.8) is 0 Å². The van der Waals surface area contributed by atoms with E-state index in [0.29, 0.717) is 11.8 Å². The van der Waals surface area contributed by atoms with Crippen LogP contribution in [0.5, 0.6) is 0 Å². The van der Waals surface area contributed by atoms with Crippen LogP contribution in [0.3, 0.4) is 0 Å². The highest BCUT2D eigenvalue weighted by molar-refractivity contribution is 6.12. The standard InChI is InChI=1S/C31H31NO/c1-18(2)28-17-32-30(24-12-10-22(16-25(24)28)21-7-5-6-8-21)27-14-20(4)13-26-23-11-9-19(3)15-29(23)33-31(26)27/h9-18,21H,5-8H2,1-4H3. The van der Waals surface area contributed by atoms with Gasteiger partial charge in [-0.2, -0.15) is 0 Å². The van der Waals surface area contributed by atoms with E-state index in [0.717, 1.165) is 22.4 Å². The number of benzene rings is 3. The molecular formula is C31H31NO. The second kappa shape index (κ2) is 7.73. The Bertz CT molecular complexity index is 1520. The quantitative estimate of drug-likeness (QED) is 0.283. The summed E-state index contributed by atoms with van der Waals surface area (Å²) in [5.74, 6) is 1.13. The molecule has 2 heteroatoms. The third kappa shape index (κ3) is 3.35. The van der Waals surface area contributed by atoms with Crippen LogP contribution >= 0.6 is 0 Å². The maximum atomic E-state index is 6.47. The molecule has 33 heavy (non-hydrogen) atoms. The fourth-order valence-electron chi connectivity index (χ4n) is 5.77. The van der Waals surface area contributed by atoms with Crippen molar-refractivity contribution in [3.8, 4) is 11.3 Å². The number of fused-ring (bicyclic) bond motifs is 4. The molecule has 1 aliphatic carbocycles. The van der Waals surface area contributed by atoms with Crippen LogP contribution in [-0.4, -0.2) is 4.98 Å². The lowest BCUT2D eigenvalue weighted by Crippen LogP contribution is -1.98. The zero-order chi connectivity index (χ0) is 22.7. The summed E-state index contributed by atoms with van der Waals surface area (Å²) >= 11 is 0. The SMILES string of the molecule is Cc1ccc2c(c1)oc1c(-c3ncc(C(C)C)c4cc(C5CCCC5)ccc34)cc(C)cc12. The van der Waals surface area contributed by atoms with Gasteiger partial charge in [0.1, 0.15) is 11.2 Å². The lowest BCUT2D eigenvalue weighted by molar-refractivity contribution is 0.669. The Balaban J connectivity index is 1.64. The van der Waals surface area contributed by atoms with E-state index in [1.807, 2.05) is 0 Å². The minimum absolute atomic E-state index is 0.430. The molecule has 0 amide bonds. The minimum atomic E-state index is 0.430. The van der Waals surface area contributed by atoms with E-state index in [4.69, 9.17) is 9.40 Å². The molecule has 6 rings (SSSR count). The molecule has 0 unspecified atom stereocenters. The number of hydrogen-bond donors (Lipinski definition) is 0. The molecule has 0 aliphatic heterocycles. The maximum absolute atomic E-state index is 6.47. The van der Waals surface area contributed by atoms with Gasteiger partial charge in [-0.25, -0.2) is 0 Å². The van der Waals surface area contributed by atoms with Crippen molar-refractivity contribution in [1.29, 1.82) is 0 Å². The number of rotatable bonds is 3. The summed E-state index contributed by atoms with van der Waals surface area (Å²) in [5.41, 5.74) is 9.26. The zero-order valence-electron chi connectivity index (χ0n) is 20.0. The van der Waals surface area contributed by atoms with E-state index in [1.54, 1.807) is 0 Å². The first kappa shape index (κ1) is 20.5. The van der Waals surface area contributed by atoms with Crippen LogP contribution < -0.4 is 0 Å². The summed E-state index contributed by atoms with van der Waals surface area (Å²) in [5, 5.41) is 4.92. The Kier molecular flexibility index (Phi) is 4.79. The molecule has 2 nitrogen and oxygen atoms in total. The molecule has 0 atom stereocenters. The van der Waals surface area contributed by atoms with Gasteiger partial charge in [-0.1, -0.05) is 57.0 Å². The molecule has 0 radical (unpaired) electrons. The summed E-state index contributed by atoms with van der Waals surface area (Å²) in [6.45, 7) is 8.81. The summed E-state index contributed by atoms with van der Waals surface area (Å²) in [6.07, 6.45) is 7.44. The van der Waals surface area contributed by atoms with E-state index in [1.165, 1.54) is 69.5 Å². The summed E-state index contributed by atoms with van der Waals surface area (Å²) < 4.78 is 6.47. The second-order valence-electron chi connectivity index (χ2n) is 10.3. The molecule has 1 aliphatic rings. The Morgan fingerprint density at radius 2 is 1.61 bits per heavy atom. The predicted molar refractivity (Wildman–Crippen MR) is 139 cm³/mol. The minimum Gasteiger partial charge on any atom is -0.455 e. The number of aryl methyl sites for hydroxylation is 2. The van der Waals surface area contributed by atoms with Crippen LogP contribution in [-0.2, 0) is 0 Å². The second-order valence-corrected chi connectivity index (χ2v) is 10.3. The third-order valence-electron chi connectivity index (χ3n) is 7.52. The third-order valence-corrected chi connectivity index (χ3v) is 7.52. The van der Waals surface area contributed by atoms with Gasteiger partial charge in [0.15, 0.2) is 0 Å². The van der Waals surface area contributed by atoms with E-state index in [2.05, 4.69) is 82.4 Å². The monoisotopic (exact) mass is 433 g/mol. The molecular weight excluding hydrogens is 402 g/mol. The van der Waals surface area contributed by atoms with Crippen molar-refractivity contribution < 1.29 is 4.42 Å². The van der Waals surface area contributed by atoms with Gasteiger partial charge in [0.05, 0.1) is 5.69 Å². The molecule has 0 spiro atoms. The average molecular weight is 434 g/mol. The largest absolute Gasteiger partial charge is 0.455 e. The smallest absolute Gasteiger partial charge is 0.144 e. The highest BCUT2D eigenvalue weighted by atomic mass is 16.3. The average Bonchev–Trinajstić information content (AvgIpc) is 3.45. The molecule has 166 valence electrons. The topological polar surface area (TPSA) is 26.0 Å². The van der Waals surface area contributed by atoms with Crippen molar-refractivity contribution >= 4 is 32.7 Å². The van der Waals surface area contributed by atoms with Gasteiger partial charge in [-0.3, -0.25) is 4.98 Å². The van der Waals surface area contributed by atoms with Crippen molar-refractivity contribution in [2.45, 2.75) is 65.2 Å². The lowest BCUT2D eigenvalue weighted by Gasteiger charge is -2.17. The molecule has 0 saturated heterocycles. The van der Waals surface area contributed by atoms with E-state index in [-0.39, 0.29) is 0 Å². The lowest BCUT2D eigenvalue weighted by atomic mass is 9.89. The Labute approximate surface area is 195 Å². The molecule has 3 aromatic carbocycles. The molecule has 2 aromatic heterocycles. The fourth-order valence-corrected chi connectivity index (χ4v) is 5.77. The van der Waals surface area contributed by atoms with Gasteiger partial charge in [0.2, 0.25) is 0 Å². The van der Waals surface area contributed by atoms with Gasteiger partial charge in [0.25, 0.3) is 0 Å². The zero-order valence-corrected chi connectivity index (χ0v) is 20.0. The van der Waals surface area contributed by atoms with E-state index in [9.17, 15) is 0 Å². The van der Waals surface area contributed by atoms with Crippen molar-refractivity contribution in [3.05, 3.63) is 77.0 Å². The molecule has 1 fully saturated rings. The summed E-state index contributed by atoms with van der Waals surface area (Å²) in [4.78, 5) is 5.04. The number of pyridine rings is 1. The van der Waals surface area contributed by atoms with Crippen molar-refractivity contribution in [2.75, 3.05) is 0 Å². The molecule has 1 saturated carbocycles. The fraction of sp³-hybridized carbons (Fsp3) is 0.323. The summed E-state index contributed by atoms with van der Waals surface area (Å²) in [7, 11) is 0. The molecule has 2 heterocycles. The number of aromatic nitrogens is 1. The first-order chi connectivity index (χ1) is 16.0. The van der Waals surface area contributed by atoms with Crippen LogP contribution in [0.2, 0.25) is 0 Å². The Morgan fingerprint density at radius 3 is 2.39 bits per heavy atom. The maximum Gasteiger partial charge on any atom is 0.144 e. The van der Waals surface area contributed by atoms with Crippen molar-refractivity contribution in [1.82, 2.24) is 4.98 Å². The normalized spacial score (nSPS) is 14.9. The van der Waals surface area contributed by atoms with Gasteiger partial charge in [0, 0.05) is 27.9 Å². The highest BCUT2D eigenvalue weighted by Gasteiger charge is 2.21. The number of nitrogens with zero attached hydrogens (tertiary/aromatic N) is 1. The summed E-state index contributed by atoms with van der Waals surface area (Å²) in [6, 6.07) is 18.1. The Hall–Kier alpha value is -3.13. The van der Waals surface area contributed by atoms with Crippen LogP contribution in [0.25, 0.3) is 44.0 Å². The molecule has 0 bridgehead atoms. The van der Waals surface area contributed by atoms with E-state index >= 15 is 0 Å². The molecule has 0 N–H and O–H groups in total. The van der Waals surface area contributed by atoms with Gasteiger partial charge in [-0.15, -0.1) is 0 Å². The number of furan rings is 1. The number of hydrogen-bond acceptors (Lipinski definition) is 2. The van der Waals surface area contributed by atoms with Gasteiger partial charge in [-0.05, 0) is 84.4 Å². The first-order valence-electron chi connectivity index (χ1n) is 12.4. The van der Waals surface area contributed by atoms with Crippen LogP contribution in [0, 0.1) is 13.8 Å². The van der Waals surface area contributed by atoms with Crippen LogP contribution in [0.1, 0.15) is 73.6 Å². The van der Waals surface area contributed by atoms with E-state index < -0.39 is 0 Å².